The summed E-state index contributed by atoms with van der Waals surface area (Å²) in [6.45, 7) is 3.01. The van der Waals surface area contributed by atoms with Crippen molar-refractivity contribution in [1.29, 1.82) is 0 Å². The average molecular weight is 335 g/mol. The van der Waals surface area contributed by atoms with Gasteiger partial charge in [-0.3, -0.25) is 0 Å². The minimum atomic E-state index is 0.199. The third kappa shape index (κ3) is 3.81. The Bertz CT molecular complexity index is 542. The van der Waals surface area contributed by atoms with Crippen molar-refractivity contribution in [3.05, 3.63) is 58.2 Å². The van der Waals surface area contributed by atoms with Crippen LogP contribution in [0.2, 0.25) is 0 Å². The molecule has 0 amide bonds. The molecule has 0 saturated heterocycles. The first-order valence-corrected chi connectivity index (χ1v) is 7.50. The van der Waals surface area contributed by atoms with Gasteiger partial charge in [0.2, 0.25) is 5.88 Å². The molecule has 2 aromatic rings. The summed E-state index contributed by atoms with van der Waals surface area (Å²) in [7, 11) is 1.66. The number of aromatic nitrogens is 1. The van der Waals surface area contributed by atoms with E-state index in [-0.39, 0.29) is 6.04 Å². The van der Waals surface area contributed by atoms with Gasteiger partial charge in [0.05, 0.1) is 7.11 Å². The minimum absolute atomic E-state index is 0.199. The second-order valence-electron chi connectivity index (χ2n) is 4.54. The van der Waals surface area contributed by atoms with Gasteiger partial charge in [0, 0.05) is 22.3 Å². The predicted octanol–water partition coefficient (Wildman–Crippen LogP) is 3.75. The zero-order valence-corrected chi connectivity index (χ0v) is 13.4. The highest BCUT2D eigenvalue weighted by molar-refractivity contribution is 9.10. The van der Waals surface area contributed by atoms with Gasteiger partial charge in [-0.25, -0.2) is 4.98 Å². The Morgan fingerprint density at radius 1 is 1.25 bits per heavy atom. The summed E-state index contributed by atoms with van der Waals surface area (Å²) in [5, 5.41) is 3.50. The lowest BCUT2D eigenvalue weighted by Gasteiger charge is -2.20. The molecule has 1 unspecified atom stereocenters. The van der Waals surface area contributed by atoms with Crippen LogP contribution in [0.15, 0.2) is 47.1 Å². The number of pyridine rings is 1. The number of benzene rings is 1. The highest BCUT2D eigenvalue weighted by atomic mass is 79.9. The van der Waals surface area contributed by atoms with E-state index in [1.165, 1.54) is 5.56 Å². The third-order valence-corrected chi connectivity index (χ3v) is 3.70. The summed E-state index contributed by atoms with van der Waals surface area (Å²) in [4.78, 5) is 4.29. The van der Waals surface area contributed by atoms with E-state index in [4.69, 9.17) is 4.74 Å². The molecule has 0 aliphatic heterocycles. The van der Waals surface area contributed by atoms with Gasteiger partial charge in [-0.15, -0.1) is 0 Å². The van der Waals surface area contributed by atoms with E-state index < -0.39 is 0 Å². The fourth-order valence-corrected chi connectivity index (χ4v) is 2.50. The fraction of sp³-hybridized carbons (Fsp3) is 0.312. The lowest BCUT2D eigenvalue weighted by molar-refractivity contribution is 0.382. The van der Waals surface area contributed by atoms with Gasteiger partial charge >= 0.3 is 0 Å². The molecule has 1 aromatic heterocycles. The predicted molar refractivity (Wildman–Crippen MR) is 85.1 cm³/mol. The number of nitrogens with one attached hydrogen (secondary N) is 1. The van der Waals surface area contributed by atoms with E-state index in [0.717, 1.165) is 23.0 Å². The molecule has 0 bridgehead atoms. The average Bonchev–Trinajstić information content (AvgIpc) is 2.49. The molecule has 0 aliphatic rings. The van der Waals surface area contributed by atoms with Gasteiger partial charge in [-0.05, 0) is 36.7 Å². The molecule has 0 saturated carbocycles. The molecule has 4 heteroatoms. The Morgan fingerprint density at radius 3 is 2.65 bits per heavy atom. The lowest BCUT2D eigenvalue weighted by atomic mass is 9.99. The number of methoxy groups -OCH3 is 1. The van der Waals surface area contributed by atoms with Crippen LogP contribution < -0.4 is 10.1 Å². The van der Waals surface area contributed by atoms with Crippen LogP contribution in [0.4, 0.5) is 0 Å². The molecule has 0 spiro atoms. The lowest BCUT2D eigenvalue weighted by Crippen LogP contribution is -2.23. The van der Waals surface area contributed by atoms with Crippen LogP contribution in [-0.4, -0.2) is 18.6 Å². The molecule has 1 aromatic carbocycles. The summed E-state index contributed by atoms with van der Waals surface area (Å²) in [5.74, 6) is 0.690. The maximum absolute atomic E-state index is 5.37. The Hall–Kier alpha value is -1.39. The molecule has 1 atom stereocenters. The van der Waals surface area contributed by atoms with Crippen molar-refractivity contribution < 1.29 is 4.74 Å². The second-order valence-corrected chi connectivity index (χ2v) is 5.46. The van der Waals surface area contributed by atoms with Gasteiger partial charge in [-0.2, -0.15) is 0 Å². The Balaban J connectivity index is 2.24. The summed E-state index contributed by atoms with van der Waals surface area (Å²) in [6, 6.07) is 12.6. The Morgan fingerprint density at radius 2 is 2.00 bits per heavy atom. The van der Waals surface area contributed by atoms with E-state index in [1.807, 2.05) is 6.07 Å². The number of ether oxygens (including phenoxy) is 1. The number of likely N-dealkylation sites (N-methyl/N-ethyl adjacent to an activating group) is 1. The van der Waals surface area contributed by atoms with Gasteiger partial charge in [0.15, 0.2) is 0 Å². The van der Waals surface area contributed by atoms with E-state index in [1.54, 1.807) is 13.3 Å². The van der Waals surface area contributed by atoms with E-state index in [9.17, 15) is 0 Å². The highest BCUT2D eigenvalue weighted by Crippen LogP contribution is 2.26. The van der Waals surface area contributed by atoms with E-state index in [2.05, 4.69) is 63.5 Å². The number of hydrogen-bond acceptors (Lipinski definition) is 3. The molecular formula is C16H19BrN2O. The SMILES string of the molecule is CCNC(Cc1ccc(Br)cc1)c1cccnc1OC. The number of hydrogen-bond donors (Lipinski definition) is 1. The molecule has 0 aliphatic carbocycles. The molecule has 0 fully saturated rings. The normalized spacial score (nSPS) is 12.2. The molecular weight excluding hydrogens is 316 g/mol. The molecule has 0 radical (unpaired) electrons. The van der Waals surface area contributed by atoms with Crippen LogP contribution in [0.3, 0.4) is 0 Å². The fourth-order valence-electron chi connectivity index (χ4n) is 2.23. The quantitative estimate of drug-likeness (QED) is 0.873. The van der Waals surface area contributed by atoms with Crippen LogP contribution >= 0.6 is 15.9 Å². The zero-order chi connectivity index (χ0) is 14.4. The maximum Gasteiger partial charge on any atom is 0.217 e. The van der Waals surface area contributed by atoms with Crippen LogP contribution in [0.1, 0.15) is 24.1 Å². The van der Waals surface area contributed by atoms with Crippen molar-refractivity contribution in [1.82, 2.24) is 10.3 Å². The summed E-state index contributed by atoms with van der Waals surface area (Å²) >= 11 is 3.46. The zero-order valence-electron chi connectivity index (χ0n) is 11.8. The Labute approximate surface area is 128 Å². The van der Waals surface area contributed by atoms with Crippen LogP contribution in [0.25, 0.3) is 0 Å². The summed E-state index contributed by atoms with van der Waals surface area (Å²) < 4.78 is 6.47. The van der Waals surface area contributed by atoms with Crippen molar-refractivity contribution in [2.24, 2.45) is 0 Å². The summed E-state index contributed by atoms with van der Waals surface area (Å²) in [5.41, 5.74) is 2.38. The van der Waals surface area contributed by atoms with Gasteiger partial charge < -0.3 is 10.1 Å². The van der Waals surface area contributed by atoms with Gasteiger partial charge in [-0.1, -0.05) is 41.1 Å². The van der Waals surface area contributed by atoms with Crippen LogP contribution in [-0.2, 0) is 6.42 Å². The molecule has 106 valence electrons. The van der Waals surface area contributed by atoms with Crippen LogP contribution in [0, 0.1) is 0 Å². The van der Waals surface area contributed by atoms with Crippen molar-refractivity contribution in [3.8, 4) is 5.88 Å². The largest absolute Gasteiger partial charge is 0.481 e. The molecule has 1 N–H and O–H groups in total. The molecule has 20 heavy (non-hydrogen) atoms. The summed E-state index contributed by atoms with van der Waals surface area (Å²) in [6.07, 6.45) is 2.66. The van der Waals surface area contributed by atoms with Crippen LogP contribution in [0.5, 0.6) is 5.88 Å². The third-order valence-electron chi connectivity index (χ3n) is 3.17. The Kier molecular flexibility index (Phi) is 5.56. The first-order valence-electron chi connectivity index (χ1n) is 6.71. The smallest absolute Gasteiger partial charge is 0.217 e. The van der Waals surface area contributed by atoms with Crippen molar-refractivity contribution in [2.45, 2.75) is 19.4 Å². The highest BCUT2D eigenvalue weighted by Gasteiger charge is 2.16. The monoisotopic (exact) mass is 334 g/mol. The molecule has 2 rings (SSSR count). The number of nitrogens with zero attached hydrogens (tertiary/aromatic N) is 1. The van der Waals surface area contributed by atoms with Gasteiger partial charge in [0.1, 0.15) is 0 Å². The van der Waals surface area contributed by atoms with Crippen molar-refractivity contribution in [3.63, 3.8) is 0 Å². The first kappa shape index (κ1) is 15.0. The van der Waals surface area contributed by atoms with Crippen molar-refractivity contribution >= 4 is 15.9 Å². The number of rotatable bonds is 6. The van der Waals surface area contributed by atoms with E-state index >= 15 is 0 Å². The topological polar surface area (TPSA) is 34.2 Å². The van der Waals surface area contributed by atoms with E-state index in [0.29, 0.717) is 5.88 Å². The maximum atomic E-state index is 5.37. The molecule has 3 nitrogen and oxygen atoms in total. The molecule has 1 heterocycles. The second kappa shape index (κ2) is 7.41. The van der Waals surface area contributed by atoms with Gasteiger partial charge in [0.25, 0.3) is 0 Å². The number of halogens is 1. The minimum Gasteiger partial charge on any atom is -0.481 e. The first-order chi connectivity index (χ1) is 9.74. The van der Waals surface area contributed by atoms with Crippen molar-refractivity contribution in [2.75, 3.05) is 13.7 Å². The standard InChI is InChI=1S/C16H19BrN2O/c1-3-18-15(11-12-6-8-13(17)9-7-12)14-5-4-10-19-16(14)20-2/h4-10,15,18H,3,11H2,1-2H3.